The molecule has 2 N–H and O–H groups in total. The van der Waals surface area contributed by atoms with Gasteiger partial charge >= 0.3 is 0 Å². The van der Waals surface area contributed by atoms with E-state index < -0.39 is 0 Å². The average molecular weight is 249 g/mol. The van der Waals surface area contributed by atoms with Gasteiger partial charge < -0.3 is 5.73 Å². The minimum Gasteiger partial charge on any atom is -0.324 e. The maximum atomic E-state index is 6.04. The molecule has 66 valence electrons. The molecule has 1 unspecified atom stereocenters. The fourth-order valence-corrected chi connectivity index (χ4v) is 1.67. The molecule has 1 nitrogen and oxygen atoms in total. The van der Waals surface area contributed by atoms with Gasteiger partial charge in [0.2, 0.25) is 0 Å². The van der Waals surface area contributed by atoms with Gasteiger partial charge in [-0.1, -0.05) is 30.7 Å². The monoisotopic (exact) mass is 247 g/mol. The van der Waals surface area contributed by atoms with Crippen molar-refractivity contribution in [2.24, 2.45) is 5.73 Å². The van der Waals surface area contributed by atoms with E-state index in [4.69, 9.17) is 17.3 Å². The Labute approximate surface area is 86.0 Å². The summed E-state index contributed by atoms with van der Waals surface area (Å²) in [6.07, 6.45) is 0.899. The lowest BCUT2D eigenvalue weighted by Gasteiger charge is -2.11. The van der Waals surface area contributed by atoms with Crippen molar-refractivity contribution in [3.63, 3.8) is 0 Å². The zero-order valence-electron chi connectivity index (χ0n) is 6.85. The summed E-state index contributed by atoms with van der Waals surface area (Å²) < 4.78 is 0.908. The maximum Gasteiger partial charge on any atom is 0.0595 e. The Hall–Kier alpha value is -0.0500. The molecule has 12 heavy (non-hydrogen) atoms. The molecule has 0 fully saturated rings. The summed E-state index contributed by atoms with van der Waals surface area (Å²) in [5, 5.41) is 0.729. The summed E-state index contributed by atoms with van der Waals surface area (Å²) in [6.45, 7) is 2.04. The predicted octanol–water partition coefficient (Wildman–Crippen LogP) is 3.51. The number of rotatable bonds is 2. The maximum absolute atomic E-state index is 6.04. The minimum atomic E-state index is 0.0370. The predicted molar refractivity (Wildman–Crippen MR) is 56.4 cm³/mol. The Balaban J connectivity index is 3.07. The van der Waals surface area contributed by atoms with E-state index in [2.05, 4.69) is 15.9 Å². The first-order chi connectivity index (χ1) is 5.66. The average Bonchev–Trinajstić information content (AvgIpc) is 2.08. The van der Waals surface area contributed by atoms with Crippen molar-refractivity contribution in [1.82, 2.24) is 0 Å². The number of hydrogen-bond donors (Lipinski definition) is 1. The highest BCUT2D eigenvalue weighted by molar-refractivity contribution is 9.10. The van der Waals surface area contributed by atoms with Crippen molar-refractivity contribution in [2.45, 2.75) is 19.4 Å². The van der Waals surface area contributed by atoms with Crippen LogP contribution in [0.5, 0.6) is 0 Å². The Kier molecular flexibility index (Phi) is 3.56. The molecule has 0 heterocycles. The SMILES string of the molecule is CCC(N)c1cccc(Br)c1Cl. The highest BCUT2D eigenvalue weighted by Gasteiger charge is 2.09. The lowest BCUT2D eigenvalue weighted by Crippen LogP contribution is -2.09. The van der Waals surface area contributed by atoms with Crippen LogP contribution in [0.2, 0.25) is 5.02 Å². The first kappa shape index (κ1) is 10.0. The van der Waals surface area contributed by atoms with Crippen LogP contribution in [0.3, 0.4) is 0 Å². The summed E-state index contributed by atoms with van der Waals surface area (Å²) in [7, 11) is 0. The first-order valence-corrected chi connectivity index (χ1v) is 5.03. The number of benzene rings is 1. The molecular weight excluding hydrogens is 237 g/mol. The van der Waals surface area contributed by atoms with Gasteiger partial charge in [-0.25, -0.2) is 0 Å². The molecule has 0 aliphatic rings. The van der Waals surface area contributed by atoms with Crippen LogP contribution in [0.25, 0.3) is 0 Å². The van der Waals surface area contributed by atoms with Crippen LogP contribution in [-0.2, 0) is 0 Å². The fraction of sp³-hybridized carbons (Fsp3) is 0.333. The van der Waals surface area contributed by atoms with Gasteiger partial charge in [-0.3, -0.25) is 0 Å². The Morgan fingerprint density at radius 2 is 2.25 bits per heavy atom. The van der Waals surface area contributed by atoms with Crippen LogP contribution < -0.4 is 5.73 Å². The van der Waals surface area contributed by atoms with Gasteiger partial charge in [-0.15, -0.1) is 0 Å². The van der Waals surface area contributed by atoms with E-state index in [1.165, 1.54) is 0 Å². The van der Waals surface area contributed by atoms with Crippen LogP contribution in [0, 0.1) is 0 Å². The molecule has 0 saturated carbocycles. The Morgan fingerprint density at radius 1 is 1.58 bits per heavy atom. The van der Waals surface area contributed by atoms with Crippen LogP contribution in [0.4, 0.5) is 0 Å². The second-order valence-electron chi connectivity index (χ2n) is 2.66. The molecule has 0 aliphatic heterocycles. The van der Waals surface area contributed by atoms with Crippen molar-refractivity contribution in [3.05, 3.63) is 33.3 Å². The van der Waals surface area contributed by atoms with Crippen molar-refractivity contribution in [1.29, 1.82) is 0 Å². The molecule has 3 heteroatoms. The van der Waals surface area contributed by atoms with Crippen LogP contribution in [0.15, 0.2) is 22.7 Å². The molecule has 0 aromatic heterocycles. The highest BCUT2D eigenvalue weighted by Crippen LogP contribution is 2.30. The van der Waals surface area contributed by atoms with E-state index in [1.54, 1.807) is 0 Å². The van der Waals surface area contributed by atoms with Gasteiger partial charge in [-0.2, -0.15) is 0 Å². The van der Waals surface area contributed by atoms with E-state index in [1.807, 2.05) is 25.1 Å². The van der Waals surface area contributed by atoms with Gasteiger partial charge in [0.15, 0.2) is 0 Å². The topological polar surface area (TPSA) is 26.0 Å². The Bertz CT molecular complexity index is 275. The van der Waals surface area contributed by atoms with Gasteiger partial charge in [0.25, 0.3) is 0 Å². The van der Waals surface area contributed by atoms with Crippen LogP contribution >= 0.6 is 27.5 Å². The van der Waals surface area contributed by atoms with Crippen molar-refractivity contribution in [2.75, 3.05) is 0 Å². The third kappa shape index (κ3) is 2.00. The zero-order valence-corrected chi connectivity index (χ0v) is 9.19. The molecule has 1 rings (SSSR count). The summed E-state index contributed by atoms with van der Waals surface area (Å²) in [4.78, 5) is 0. The first-order valence-electron chi connectivity index (χ1n) is 3.86. The molecule has 1 atom stereocenters. The van der Waals surface area contributed by atoms with Gasteiger partial charge in [0, 0.05) is 10.5 Å². The lowest BCUT2D eigenvalue weighted by atomic mass is 10.1. The molecule has 0 amide bonds. The molecule has 0 aliphatic carbocycles. The summed E-state index contributed by atoms with van der Waals surface area (Å²) in [5.74, 6) is 0. The minimum absolute atomic E-state index is 0.0370. The van der Waals surface area contributed by atoms with Gasteiger partial charge in [0.05, 0.1) is 5.02 Å². The third-order valence-corrected chi connectivity index (χ3v) is 3.13. The molecule has 0 spiro atoms. The molecular formula is C9H11BrClN. The Morgan fingerprint density at radius 3 is 2.83 bits per heavy atom. The van der Waals surface area contributed by atoms with Gasteiger partial charge in [0.1, 0.15) is 0 Å². The number of halogens is 2. The summed E-state index contributed by atoms with van der Waals surface area (Å²) >= 11 is 9.40. The number of hydrogen-bond acceptors (Lipinski definition) is 1. The smallest absolute Gasteiger partial charge is 0.0595 e. The van der Waals surface area contributed by atoms with E-state index in [-0.39, 0.29) is 6.04 Å². The molecule has 0 bridgehead atoms. The third-order valence-electron chi connectivity index (χ3n) is 1.82. The molecule has 1 aromatic carbocycles. The normalized spacial score (nSPS) is 13.0. The summed E-state index contributed by atoms with van der Waals surface area (Å²) in [6, 6.07) is 5.85. The quantitative estimate of drug-likeness (QED) is 0.851. The fourth-order valence-electron chi connectivity index (χ4n) is 1.03. The second kappa shape index (κ2) is 4.26. The van der Waals surface area contributed by atoms with Crippen LogP contribution in [0.1, 0.15) is 24.9 Å². The second-order valence-corrected chi connectivity index (χ2v) is 3.89. The standard InChI is InChI=1S/C9H11BrClN/c1-2-8(12)6-4-3-5-7(10)9(6)11/h3-5,8H,2,12H2,1H3. The van der Waals surface area contributed by atoms with E-state index >= 15 is 0 Å². The zero-order chi connectivity index (χ0) is 9.14. The van der Waals surface area contributed by atoms with Gasteiger partial charge in [-0.05, 0) is 34.0 Å². The van der Waals surface area contributed by atoms with E-state index in [9.17, 15) is 0 Å². The van der Waals surface area contributed by atoms with Crippen molar-refractivity contribution < 1.29 is 0 Å². The molecule has 0 saturated heterocycles. The number of nitrogens with two attached hydrogens (primary N) is 1. The molecule has 1 aromatic rings. The van der Waals surface area contributed by atoms with Crippen molar-refractivity contribution >= 4 is 27.5 Å². The largest absolute Gasteiger partial charge is 0.324 e. The summed E-state index contributed by atoms with van der Waals surface area (Å²) in [5.41, 5.74) is 6.87. The van der Waals surface area contributed by atoms with E-state index in [0.717, 1.165) is 21.5 Å². The van der Waals surface area contributed by atoms with E-state index in [0.29, 0.717) is 0 Å². The molecule has 0 radical (unpaired) electrons. The highest BCUT2D eigenvalue weighted by atomic mass is 79.9. The van der Waals surface area contributed by atoms with Crippen molar-refractivity contribution in [3.8, 4) is 0 Å². The van der Waals surface area contributed by atoms with Crippen LogP contribution in [-0.4, -0.2) is 0 Å². The lowest BCUT2D eigenvalue weighted by molar-refractivity contribution is 0.698.